The Balaban J connectivity index is 0.957. The first kappa shape index (κ1) is 29.8. The Labute approximate surface area is 267 Å². The van der Waals surface area contributed by atoms with Crippen LogP contribution in [0.15, 0.2) is 55.0 Å². The number of pyridine rings is 1. The molecule has 45 heavy (non-hydrogen) atoms. The highest BCUT2D eigenvalue weighted by Crippen LogP contribution is 2.39. The number of carbonyl (C=O) groups is 1. The molecule has 234 valence electrons. The lowest BCUT2D eigenvalue weighted by Gasteiger charge is -2.26. The average Bonchev–Trinajstić information content (AvgIpc) is 3.78. The number of nitrogens with zero attached hydrogens (tertiary/aromatic N) is 5. The fourth-order valence-corrected chi connectivity index (χ4v) is 7.74. The van der Waals surface area contributed by atoms with Crippen molar-refractivity contribution in [1.82, 2.24) is 30.1 Å². The number of likely N-dealkylation sites (tertiary alicyclic amines) is 1. The number of aromatic nitrogens is 3. The van der Waals surface area contributed by atoms with Gasteiger partial charge in [0, 0.05) is 67.2 Å². The summed E-state index contributed by atoms with van der Waals surface area (Å²) in [5.74, 6) is 2.31. The zero-order chi connectivity index (χ0) is 30.8. The Kier molecular flexibility index (Phi) is 8.50. The van der Waals surface area contributed by atoms with Crippen molar-refractivity contribution in [1.29, 1.82) is 0 Å². The van der Waals surface area contributed by atoms with Crippen LogP contribution in [-0.4, -0.2) is 76.7 Å². The third kappa shape index (κ3) is 6.57. The number of thiophene rings is 1. The van der Waals surface area contributed by atoms with Crippen LogP contribution < -0.4 is 15.4 Å². The van der Waals surface area contributed by atoms with E-state index in [0.717, 1.165) is 78.1 Å². The molecule has 3 aromatic heterocycles. The predicted molar refractivity (Wildman–Crippen MR) is 176 cm³/mol. The quantitative estimate of drug-likeness (QED) is 0.188. The summed E-state index contributed by atoms with van der Waals surface area (Å²) < 4.78 is 11.7. The minimum atomic E-state index is 0.0479. The van der Waals surface area contributed by atoms with E-state index in [0.29, 0.717) is 30.8 Å². The molecule has 6 heterocycles. The summed E-state index contributed by atoms with van der Waals surface area (Å²) in [6.45, 7) is 10.8. The molecule has 1 unspecified atom stereocenters. The Morgan fingerprint density at radius 3 is 2.91 bits per heavy atom. The second-order valence-corrected chi connectivity index (χ2v) is 13.5. The van der Waals surface area contributed by atoms with Gasteiger partial charge in [0.2, 0.25) is 5.91 Å². The first-order valence-electron chi connectivity index (χ1n) is 15.6. The zero-order valence-electron chi connectivity index (χ0n) is 25.8. The van der Waals surface area contributed by atoms with Gasteiger partial charge in [0.1, 0.15) is 28.5 Å². The molecular weight excluding hydrogens is 586 g/mol. The number of anilines is 2. The van der Waals surface area contributed by atoms with Crippen LogP contribution in [-0.2, 0) is 22.5 Å². The molecule has 1 amide bonds. The number of ether oxygens (including phenoxy) is 2. The maximum atomic E-state index is 13.0. The summed E-state index contributed by atoms with van der Waals surface area (Å²) in [6.07, 6.45) is 10.1. The van der Waals surface area contributed by atoms with Crippen molar-refractivity contribution in [3.05, 3.63) is 76.7 Å². The van der Waals surface area contributed by atoms with E-state index in [2.05, 4.69) is 36.6 Å². The van der Waals surface area contributed by atoms with E-state index < -0.39 is 0 Å². The molecule has 0 radical (unpaired) electrons. The number of rotatable bonds is 9. The van der Waals surface area contributed by atoms with Gasteiger partial charge in [-0.15, -0.1) is 11.3 Å². The van der Waals surface area contributed by atoms with E-state index in [-0.39, 0.29) is 5.91 Å². The van der Waals surface area contributed by atoms with Crippen LogP contribution >= 0.6 is 11.3 Å². The van der Waals surface area contributed by atoms with Crippen molar-refractivity contribution in [2.24, 2.45) is 5.41 Å². The maximum absolute atomic E-state index is 13.0. The fraction of sp³-hybridized carbons (Fsp3) is 0.412. The first-order valence-corrected chi connectivity index (χ1v) is 16.5. The van der Waals surface area contributed by atoms with E-state index in [1.54, 1.807) is 29.9 Å². The molecule has 11 heteroatoms. The summed E-state index contributed by atoms with van der Waals surface area (Å²) in [5.41, 5.74) is 4.47. The number of hydrogen-bond acceptors (Lipinski definition) is 10. The smallest absolute Gasteiger partial charge is 0.246 e. The summed E-state index contributed by atoms with van der Waals surface area (Å²) in [5, 5.41) is 8.02. The lowest BCUT2D eigenvalue weighted by molar-refractivity contribution is -0.126. The fourth-order valence-electron chi connectivity index (χ4n) is 6.54. The van der Waals surface area contributed by atoms with Gasteiger partial charge in [-0.3, -0.25) is 14.7 Å². The molecule has 1 spiro atoms. The van der Waals surface area contributed by atoms with Crippen LogP contribution in [0.2, 0.25) is 0 Å². The van der Waals surface area contributed by atoms with Crippen LogP contribution in [0.1, 0.15) is 34.5 Å². The summed E-state index contributed by atoms with van der Waals surface area (Å²) in [4.78, 5) is 33.0. The maximum Gasteiger partial charge on any atom is 0.246 e. The molecule has 1 atom stereocenters. The van der Waals surface area contributed by atoms with Crippen molar-refractivity contribution in [3.63, 3.8) is 0 Å². The van der Waals surface area contributed by atoms with Crippen LogP contribution in [0, 0.1) is 19.3 Å². The Bertz CT molecular complexity index is 1720. The molecule has 0 bridgehead atoms. The van der Waals surface area contributed by atoms with Crippen molar-refractivity contribution >= 4 is 39.0 Å². The van der Waals surface area contributed by atoms with E-state index in [1.165, 1.54) is 23.3 Å². The lowest BCUT2D eigenvalue weighted by atomic mass is 9.87. The number of hydrogen-bond donors (Lipinski definition) is 2. The molecule has 2 N–H and O–H groups in total. The molecule has 0 saturated carbocycles. The molecule has 7 rings (SSSR count). The third-order valence-electron chi connectivity index (χ3n) is 9.06. The largest absolute Gasteiger partial charge is 0.455 e. The molecule has 3 aliphatic rings. The van der Waals surface area contributed by atoms with Crippen LogP contribution in [0.25, 0.3) is 10.2 Å². The molecular formula is C34H39N7O3S. The number of aryl methyl sites for hydroxylation is 2. The van der Waals surface area contributed by atoms with Crippen LogP contribution in [0.5, 0.6) is 11.5 Å². The SMILES string of the molecule is Cc1ccc(Oc2ccc(Nc3ncnc4sc5c(c34)CCN(C(=O)/C=C/CNCN3CCC4(CCOC4)C3)C5)cc2C)cn1. The summed E-state index contributed by atoms with van der Waals surface area (Å²) >= 11 is 1.65. The first-order chi connectivity index (χ1) is 21.9. The van der Waals surface area contributed by atoms with Gasteiger partial charge >= 0.3 is 0 Å². The van der Waals surface area contributed by atoms with Gasteiger partial charge in [-0.1, -0.05) is 6.08 Å². The number of fused-ring (bicyclic) bond motifs is 3. The van der Waals surface area contributed by atoms with Gasteiger partial charge in [-0.25, -0.2) is 9.97 Å². The van der Waals surface area contributed by atoms with E-state index in [4.69, 9.17) is 9.47 Å². The predicted octanol–water partition coefficient (Wildman–Crippen LogP) is 5.34. The van der Waals surface area contributed by atoms with Gasteiger partial charge in [-0.05, 0) is 74.6 Å². The van der Waals surface area contributed by atoms with Crippen molar-refractivity contribution < 1.29 is 14.3 Å². The highest BCUT2D eigenvalue weighted by molar-refractivity contribution is 7.19. The number of carbonyl (C=O) groups excluding carboxylic acids is 1. The van der Waals surface area contributed by atoms with Crippen molar-refractivity contribution in [3.8, 4) is 11.5 Å². The highest BCUT2D eigenvalue weighted by atomic mass is 32.1. The second kappa shape index (κ2) is 12.8. The Morgan fingerprint density at radius 2 is 2.09 bits per heavy atom. The summed E-state index contributed by atoms with van der Waals surface area (Å²) in [6, 6.07) is 9.86. The van der Waals surface area contributed by atoms with Crippen LogP contribution in [0.4, 0.5) is 11.5 Å². The van der Waals surface area contributed by atoms with E-state index in [9.17, 15) is 4.79 Å². The van der Waals surface area contributed by atoms with Crippen molar-refractivity contribution in [2.75, 3.05) is 51.4 Å². The van der Waals surface area contributed by atoms with Gasteiger partial charge in [-0.2, -0.15) is 0 Å². The minimum Gasteiger partial charge on any atom is -0.455 e. The monoisotopic (exact) mass is 625 g/mol. The third-order valence-corrected chi connectivity index (χ3v) is 10.2. The summed E-state index contributed by atoms with van der Waals surface area (Å²) in [7, 11) is 0. The average molecular weight is 626 g/mol. The zero-order valence-corrected chi connectivity index (χ0v) is 26.7. The van der Waals surface area contributed by atoms with Gasteiger partial charge in [0.25, 0.3) is 0 Å². The highest BCUT2D eigenvalue weighted by Gasteiger charge is 2.40. The van der Waals surface area contributed by atoms with Crippen LogP contribution in [0.3, 0.4) is 0 Å². The topological polar surface area (TPSA) is 105 Å². The van der Waals surface area contributed by atoms with E-state index >= 15 is 0 Å². The number of amides is 1. The van der Waals surface area contributed by atoms with Gasteiger partial charge in [0.15, 0.2) is 0 Å². The second-order valence-electron chi connectivity index (χ2n) is 12.4. The number of benzene rings is 1. The normalized spacial score (nSPS) is 20.0. The molecule has 0 aliphatic carbocycles. The van der Waals surface area contributed by atoms with Crippen molar-refractivity contribution in [2.45, 2.75) is 39.7 Å². The Hall–Kier alpha value is -3.90. The van der Waals surface area contributed by atoms with Gasteiger partial charge in [0.05, 0.1) is 24.7 Å². The molecule has 3 aliphatic heterocycles. The standard InChI is InChI=1S/C34H39N7O3S/c1-23-16-25(6-8-28(23)44-26-7-5-24(2)36-17-26)39-32-31-27-9-13-41(18-29(27)45-33(31)38-21-37-32)30(42)4-3-12-35-22-40-14-10-34(19-40)11-15-43-20-34/h3-8,16-17,21,35H,9-15,18-20,22H2,1-2H3,(H,37,38,39)/b4-3+. The molecule has 4 aromatic rings. The Morgan fingerprint density at radius 1 is 1.16 bits per heavy atom. The van der Waals surface area contributed by atoms with Gasteiger partial charge < -0.3 is 25.0 Å². The van der Waals surface area contributed by atoms with E-state index in [1.807, 2.05) is 49.1 Å². The minimum absolute atomic E-state index is 0.0479. The molecule has 1 aromatic carbocycles. The number of nitrogens with one attached hydrogen (secondary N) is 2. The molecule has 2 fully saturated rings. The molecule has 2 saturated heterocycles. The lowest BCUT2D eigenvalue weighted by Crippen LogP contribution is -2.35. The molecule has 10 nitrogen and oxygen atoms in total.